The monoisotopic (exact) mass is 679 g/mol. The Morgan fingerprint density at radius 3 is 1.43 bits per heavy atom. The van der Waals surface area contributed by atoms with Crippen LogP contribution in [0.3, 0.4) is 0 Å². The van der Waals surface area contributed by atoms with E-state index in [1.165, 1.54) is 116 Å². The molecule has 0 saturated heterocycles. The number of hydrogen-bond acceptors (Lipinski definition) is 8. The molecule has 0 saturated carbocycles. The summed E-state index contributed by atoms with van der Waals surface area (Å²) in [6.45, 7) is 3.87. The van der Waals surface area contributed by atoms with Gasteiger partial charge in [0.25, 0.3) is 0 Å². The van der Waals surface area contributed by atoms with Gasteiger partial charge in [-0.15, -0.1) is 0 Å². The van der Waals surface area contributed by atoms with Crippen LogP contribution in [0, 0.1) is 0 Å². The normalized spacial score (nSPS) is 14.2. The molecule has 4 N–H and O–H groups in total. The molecule has 0 aromatic heterocycles. The summed E-state index contributed by atoms with van der Waals surface area (Å²) in [5, 5.41) is 8.84. The molecule has 0 rings (SSSR count). The summed E-state index contributed by atoms with van der Waals surface area (Å²) in [5.74, 6) is -1.77. The van der Waals surface area contributed by atoms with E-state index in [1.807, 2.05) is 0 Å². The molecule has 0 aliphatic carbocycles. The van der Waals surface area contributed by atoms with Gasteiger partial charge in [-0.05, 0) is 12.8 Å². The van der Waals surface area contributed by atoms with Crippen molar-refractivity contribution in [1.29, 1.82) is 0 Å². The lowest BCUT2D eigenvalue weighted by atomic mass is 10.0. The summed E-state index contributed by atoms with van der Waals surface area (Å²) >= 11 is 0. The number of esters is 1. The van der Waals surface area contributed by atoms with E-state index in [0.29, 0.717) is 6.61 Å². The molecule has 0 spiro atoms. The van der Waals surface area contributed by atoms with Crippen molar-refractivity contribution < 1.29 is 42.7 Å². The molecule has 0 heterocycles. The summed E-state index contributed by atoms with van der Waals surface area (Å²) in [4.78, 5) is 33.3. The second-order valence-corrected chi connectivity index (χ2v) is 14.2. The highest BCUT2D eigenvalue weighted by Gasteiger charge is 2.27. The zero-order chi connectivity index (χ0) is 34.1. The van der Waals surface area contributed by atoms with Gasteiger partial charge in [0, 0.05) is 13.0 Å². The van der Waals surface area contributed by atoms with Crippen LogP contribution >= 0.6 is 7.82 Å². The Bertz CT molecular complexity index is 756. The molecule has 0 aromatic rings. The molecule has 274 valence electrons. The van der Waals surface area contributed by atoms with E-state index >= 15 is 0 Å². The number of carboxylic acid groups (broad SMARTS) is 1. The highest BCUT2D eigenvalue weighted by Crippen LogP contribution is 2.43. The number of rotatable bonds is 36. The molecule has 11 heteroatoms. The molecule has 0 fully saturated rings. The highest BCUT2D eigenvalue weighted by molar-refractivity contribution is 7.47. The maximum atomic E-state index is 12.5. The summed E-state index contributed by atoms with van der Waals surface area (Å²) in [6, 6.07) is -1.47. The predicted octanol–water partition coefficient (Wildman–Crippen LogP) is 9.25. The van der Waals surface area contributed by atoms with Gasteiger partial charge in [0.1, 0.15) is 12.1 Å². The van der Waals surface area contributed by atoms with Crippen LogP contribution in [0.4, 0.5) is 0 Å². The quantitative estimate of drug-likeness (QED) is 0.0331. The van der Waals surface area contributed by atoms with Crippen molar-refractivity contribution in [3.8, 4) is 0 Å². The first kappa shape index (κ1) is 45.0. The number of phosphoric acid groups is 1. The third-order valence-corrected chi connectivity index (χ3v) is 9.09. The summed E-state index contributed by atoms with van der Waals surface area (Å²) in [7, 11) is -4.60. The SMILES string of the molecule is CCCCCCCCCCCCCCCCCC(=O)OC(COCCCCCCCCCCC)COP(=O)(O)OCC(N)C(=O)O. The number of carbonyl (C=O) groups excluding carboxylic acids is 1. The van der Waals surface area contributed by atoms with Crippen LogP contribution in [-0.2, 0) is 32.7 Å². The minimum atomic E-state index is -4.60. The fourth-order valence-corrected chi connectivity index (χ4v) is 5.97. The molecule has 3 unspecified atom stereocenters. The van der Waals surface area contributed by atoms with E-state index in [2.05, 4.69) is 18.4 Å². The molecule has 46 heavy (non-hydrogen) atoms. The first-order chi connectivity index (χ1) is 22.2. The standard InChI is InChI=1S/C35H70NO9P/c1-3-5-7-9-11-13-14-15-16-17-18-19-21-23-25-27-34(37)45-32(30-43-46(40,41)44-31-33(36)35(38)39)29-42-28-26-24-22-20-12-10-8-6-4-2/h32-33H,3-31,36H2,1-2H3,(H,38,39)(H,40,41). The van der Waals surface area contributed by atoms with Crippen molar-refractivity contribution in [1.82, 2.24) is 0 Å². The fraction of sp³-hybridized carbons (Fsp3) is 0.943. The third kappa shape index (κ3) is 31.6. The van der Waals surface area contributed by atoms with Gasteiger partial charge < -0.3 is 25.2 Å². The Morgan fingerprint density at radius 1 is 0.609 bits per heavy atom. The average molecular weight is 680 g/mol. The minimum absolute atomic E-state index is 0.0241. The number of ether oxygens (including phenoxy) is 2. The van der Waals surface area contributed by atoms with Crippen molar-refractivity contribution in [2.24, 2.45) is 5.73 Å². The first-order valence-electron chi connectivity index (χ1n) is 18.6. The Labute approximate surface area is 280 Å². The molecular formula is C35H70NO9P. The second-order valence-electron chi connectivity index (χ2n) is 12.7. The molecule has 0 aliphatic heterocycles. The van der Waals surface area contributed by atoms with Crippen LogP contribution in [0.1, 0.15) is 174 Å². The number of hydrogen-bond donors (Lipinski definition) is 3. The second kappa shape index (κ2) is 32.5. The fourth-order valence-electron chi connectivity index (χ4n) is 5.19. The average Bonchev–Trinajstić information content (AvgIpc) is 3.03. The van der Waals surface area contributed by atoms with Gasteiger partial charge in [0.15, 0.2) is 0 Å². The minimum Gasteiger partial charge on any atom is -0.480 e. The lowest BCUT2D eigenvalue weighted by Crippen LogP contribution is -2.34. The molecule has 0 radical (unpaired) electrons. The molecule has 0 aliphatic rings. The van der Waals surface area contributed by atoms with E-state index in [4.69, 9.17) is 24.8 Å². The van der Waals surface area contributed by atoms with Gasteiger partial charge in [0.05, 0.1) is 19.8 Å². The molecule has 3 atom stereocenters. The van der Waals surface area contributed by atoms with Gasteiger partial charge in [-0.2, -0.15) is 0 Å². The number of phosphoric ester groups is 1. The van der Waals surface area contributed by atoms with Crippen LogP contribution < -0.4 is 5.73 Å². The van der Waals surface area contributed by atoms with Crippen LogP contribution in [0.2, 0.25) is 0 Å². The third-order valence-electron chi connectivity index (χ3n) is 8.14. The van der Waals surface area contributed by atoms with E-state index in [1.54, 1.807) is 0 Å². The number of aliphatic carboxylic acids is 1. The smallest absolute Gasteiger partial charge is 0.472 e. The molecular weight excluding hydrogens is 609 g/mol. The Morgan fingerprint density at radius 2 is 1.00 bits per heavy atom. The van der Waals surface area contributed by atoms with Gasteiger partial charge in [-0.25, -0.2) is 4.57 Å². The molecule has 0 amide bonds. The Balaban J connectivity index is 4.25. The number of carboxylic acids is 1. The van der Waals surface area contributed by atoms with Gasteiger partial charge in [0.2, 0.25) is 0 Å². The number of unbranched alkanes of at least 4 members (excludes halogenated alkanes) is 22. The summed E-state index contributed by atoms with van der Waals surface area (Å²) < 4.78 is 33.1. The van der Waals surface area contributed by atoms with Crippen LogP contribution in [0.5, 0.6) is 0 Å². The molecule has 0 bridgehead atoms. The summed E-state index contributed by atoms with van der Waals surface area (Å²) in [5.41, 5.74) is 5.33. The molecule has 0 aromatic carbocycles. The van der Waals surface area contributed by atoms with Crippen LogP contribution in [0.15, 0.2) is 0 Å². The zero-order valence-electron chi connectivity index (χ0n) is 29.4. The van der Waals surface area contributed by atoms with E-state index in [-0.39, 0.29) is 13.0 Å². The Hall–Kier alpha value is -1.03. The maximum Gasteiger partial charge on any atom is 0.472 e. The van der Waals surface area contributed by atoms with Crippen LogP contribution in [0.25, 0.3) is 0 Å². The Kier molecular flexibility index (Phi) is 31.8. The maximum absolute atomic E-state index is 12.5. The number of nitrogens with two attached hydrogens (primary N) is 1. The van der Waals surface area contributed by atoms with Crippen LogP contribution in [-0.4, -0.2) is 60.5 Å². The van der Waals surface area contributed by atoms with E-state index in [9.17, 15) is 19.0 Å². The zero-order valence-corrected chi connectivity index (χ0v) is 30.3. The van der Waals surface area contributed by atoms with Crippen molar-refractivity contribution in [3.63, 3.8) is 0 Å². The predicted molar refractivity (Wildman–Crippen MR) is 185 cm³/mol. The lowest BCUT2D eigenvalue weighted by Gasteiger charge is -2.20. The van der Waals surface area contributed by atoms with E-state index in [0.717, 1.165) is 38.5 Å². The largest absolute Gasteiger partial charge is 0.480 e. The van der Waals surface area contributed by atoms with Crippen molar-refractivity contribution in [3.05, 3.63) is 0 Å². The van der Waals surface area contributed by atoms with Crippen molar-refractivity contribution in [2.75, 3.05) is 26.4 Å². The van der Waals surface area contributed by atoms with Crippen molar-refractivity contribution in [2.45, 2.75) is 187 Å². The van der Waals surface area contributed by atoms with Gasteiger partial charge in [-0.1, -0.05) is 155 Å². The van der Waals surface area contributed by atoms with Gasteiger partial charge in [-0.3, -0.25) is 18.6 Å². The van der Waals surface area contributed by atoms with E-state index < -0.39 is 45.1 Å². The van der Waals surface area contributed by atoms with Gasteiger partial charge >= 0.3 is 19.8 Å². The highest BCUT2D eigenvalue weighted by atomic mass is 31.2. The lowest BCUT2D eigenvalue weighted by molar-refractivity contribution is -0.154. The summed E-state index contributed by atoms with van der Waals surface area (Å²) in [6.07, 6.45) is 28.7. The topological polar surface area (TPSA) is 155 Å². The first-order valence-corrected chi connectivity index (χ1v) is 20.1. The molecule has 10 nitrogen and oxygen atoms in total. The number of carbonyl (C=O) groups is 2. The van der Waals surface area contributed by atoms with Crippen molar-refractivity contribution >= 4 is 19.8 Å².